The van der Waals surface area contributed by atoms with Crippen LogP contribution >= 0.6 is 0 Å². The fourth-order valence-corrected chi connectivity index (χ4v) is 1.80. The predicted octanol–water partition coefficient (Wildman–Crippen LogP) is 3.38. The first kappa shape index (κ1) is 8.88. The van der Waals surface area contributed by atoms with Crippen LogP contribution in [0.2, 0.25) is 0 Å². The molecule has 66 valence electrons. The Morgan fingerprint density at radius 3 is 2.00 bits per heavy atom. The summed E-state index contributed by atoms with van der Waals surface area (Å²) in [5.74, 6) is -1.19. The summed E-state index contributed by atoms with van der Waals surface area (Å²) >= 11 is 0. The van der Waals surface area contributed by atoms with Crippen LogP contribution in [-0.4, -0.2) is 6.18 Å². The Labute approximate surface area is 64.8 Å². The molecule has 0 aliphatic heterocycles. The zero-order chi connectivity index (χ0) is 8.48. The van der Waals surface area contributed by atoms with Crippen molar-refractivity contribution in [2.45, 2.75) is 38.8 Å². The van der Waals surface area contributed by atoms with Crippen LogP contribution in [0.25, 0.3) is 0 Å². The van der Waals surface area contributed by atoms with Crippen LogP contribution in [0.15, 0.2) is 0 Å². The topological polar surface area (TPSA) is 0 Å². The van der Waals surface area contributed by atoms with E-state index in [1.807, 2.05) is 0 Å². The summed E-state index contributed by atoms with van der Waals surface area (Å²) in [6, 6.07) is 0. The highest BCUT2D eigenvalue weighted by Gasteiger charge is 2.43. The van der Waals surface area contributed by atoms with Crippen molar-refractivity contribution in [2.24, 2.45) is 11.8 Å². The standard InChI is InChI=1S/C8H13F3/c1-6-4-2-3-5-7(6)8(9,10)11/h6-7H,2-5H2,1H3/t6-,7?/m1/s1. The van der Waals surface area contributed by atoms with Gasteiger partial charge in [0.2, 0.25) is 0 Å². The Bertz CT molecular complexity index is 128. The minimum atomic E-state index is -3.96. The zero-order valence-electron chi connectivity index (χ0n) is 6.62. The number of rotatable bonds is 0. The maximum Gasteiger partial charge on any atom is 0.392 e. The number of hydrogen-bond acceptors (Lipinski definition) is 0. The van der Waals surface area contributed by atoms with Crippen molar-refractivity contribution in [1.29, 1.82) is 0 Å². The van der Waals surface area contributed by atoms with Gasteiger partial charge in [0, 0.05) is 0 Å². The van der Waals surface area contributed by atoms with Crippen LogP contribution in [0.5, 0.6) is 0 Å². The molecule has 0 aromatic carbocycles. The van der Waals surface area contributed by atoms with Gasteiger partial charge in [0.05, 0.1) is 5.92 Å². The molecule has 0 N–H and O–H groups in total. The molecule has 0 radical (unpaired) electrons. The molecule has 1 rings (SSSR count). The lowest BCUT2D eigenvalue weighted by Gasteiger charge is -2.30. The molecule has 1 unspecified atom stereocenters. The maximum atomic E-state index is 12.2. The highest BCUT2D eigenvalue weighted by molar-refractivity contribution is 4.77. The molecule has 2 atom stereocenters. The second-order valence-electron chi connectivity index (χ2n) is 3.41. The zero-order valence-corrected chi connectivity index (χ0v) is 6.62. The van der Waals surface area contributed by atoms with Crippen molar-refractivity contribution in [3.05, 3.63) is 0 Å². The van der Waals surface area contributed by atoms with E-state index in [-0.39, 0.29) is 5.92 Å². The van der Waals surface area contributed by atoms with E-state index < -0.39 is 12.1 Å². The lowest BCUT2D eigenvalue weighted by atomic mass is 9.80. The van der Waals surface area contributed by atoms with Gasteiger partial charge in [0.25, 0.3) is 0 Å². The molecule has 3 heteroatoms. The summed E-state index contributed by atoms with van der Waals surface area (Å²) in [7, 11) is 0. The average Bonchev–Trinajstić information content (AvgIpc) is 1.86. The first-order valence-corrected chi connectivity index (χ1v) is 4.08. The van der Waals surface area contributed by atoms with Crippen LogP contribution in [0.1, 0.15) is 32.6 Å². The Balaban J connectivity index is 2.55. The molecule has 11 heavy (non-hydrogen) atoms. The van der Waals surface area contributed by atoms with Crippen molar-refractivity contribution in [3.63, 3.8) is 0 Å². The Morgan fingerprint density at radius 2 is 1.64 bits per heavy atom. The Morgan fingerprint density at radius 1 is 1.09 bits per heavy atom. The minimum absolute atomic E-state index is 0.163. The lowest BCUT2D eigenvalue weighted by Crippen LogP contribution is -2.31. The van der Waals surface area contributed by atoms with E-state index in [0.29, 0.717) is 6.42 Å². The second-order valence-corrected chi connectivity index (χ2v) is 3.41. The maximum absolute atomic E-state index is 12.2. The van der Waals surface area contributed by atoms with E-state index in [0.717, 1.165) is 19.3 Å². The predicted molar refractivity (Wildman–Crippen MR) is 37.2 cm³/mol. The summed E-state index contributed by atoms with van der Waals surface area (Å²) in [6.45, 7) is 1.71. The number of hydrogen-bond donors (Lipinski definition) is 0. The van der Waals surface area contributed by atoms with Crippen LogP contribution in [0.3, 0.4) is 0 Å². The van der Waals surface area contributed by atoms with E-state index in [1.54, 1.807) is 6.92 Å². The van der Waals surface area contributed by atoms with E-state index in [1.165, 1.54) is 0 Å². The van der Waals surface area contributed by atoms with Crippen LogP contribution in [0.4, 0.5) is 13.2 Å². The highest BCUT2D eigenvalue weighted by Crippen LogP contribution is 2.40. The Kier molecular flexibility index (Phi) is 2.45. The Hall–Kier alpha value is -0.210. The molecule has 1 aliphatic rings. The molecule has 0 spiro atoms. The van der Waals surface area contributed by atoms with Gasteiger partial charge in [-0.1, -0.05) is 26.2 Å². The van der Waals surface area contributed by atoms with Gasteiger partial charge in [-0.25, -0.2) is 0 Å². The molecule has 1 fully saturated rings. The summed E-state index contributed by atoms with van der Waals surface area (Å²) < 4.78 is 36.6. The molecule has 0 bridgehead atoms. The molecule has 0 nitrogen and oxygen atoms in total. The van der Waals surface area contributed by atoms with Crippen LogP contribution in [-0.2, 0) is 0 Å². The van der Waals surface area contributed by atoms with Crippen molar-refractivity contribution in [1.82, 2.24) is 0 Å². The van der Waals surface area contributed by atoms with Crippen molar-refractivity contribution in [2.75, 3.05) is 0 Å². The van der Waals surface area contributed by atoms with Gasteiger partial charge in [0.1, 0.15) is 0 Å². The quantitative estimate of drug-likeness (QED) is 0.517. The van der Waals surface area contributed by atoms with Gasteiger partial charge >= 0.3 is 6.18 Å². The van der Waals surface area contributed by atoms with E-state index >= 15 is 0 Å². The molecule has 0 heterocycles. The second kappa shape index (κ2) is 3.03. The molecular weight excluding hydrogens is 153 g/mol. The van der Waals surface area contributed by atoms with Gasteiger partial charge in [0.15, 0.2) is 0 Å². The molecule has 0 aromatic heterocycles. The third kappa shape index (κ3) is 2.11. The van der Waals surface area contributed by atoms with E-state index in [2.05, 4.69) is 0 Å². The molecule has 0 aromatic rings. The van der Waals surface area contributed by atoms with Gasteiger partial charge in [-0.15, -0.1) is 0 Å². The van der Waals surface area contributed by atoms with Gasteiger partial charge < -0.3 is 0 Å². The lowest BCUT2D eigenvalue weighted by molar-refractivity contribution is -0.194. The fraction of sp³-hybridized carbons (Fsp3) is 1.00. The molecule has 1 aliphatic carbocycles. The first-order valence-electron chi connectivity index (χ1n) is 4.08. The molecule has 1 saturated carbocycles. The smallest absolute Gasteiger partial charge is 0.171 e. The average molecular weight is 166 g/mol. The normalized spacial score (nSPS) is 33.8. The summed E-state index contributed by atoms with van der Waals surface area (Å²) in [6.07, 6.45) is -1.17. The van der Waals surface area contributed by atoms with Gasteiger partial charge in [-0.05, 0) is 12.3 Å². The SMILES string of the molecule is C[C@@H]1CCCCC1C(F)(F)F. The first-order chi connectivity index (χ1) is 5.02. The monoisotopic (exact) mass is 166 g/mol. The van der Waals surface area contributed by atoms with Crippen molar-refractivity contribution >= 4 is 0 Å². The van der Waals surface area contributed by atoms with E-state index in [4.69, 9.17) is 0 Å². The third-order valence-electron chi connectivity index (χ3n) is 2.53. The third-order valence-corrected chi connectivity index (χ3v) is 2.53. The summed E-state index contributed by atoms with van der Waals surface area (Å²) in [5.41, 5.74) is 0. The number of alkyl halides is 3. The molecule has 0 amide bonds. The van der Waals surface area contributed by atoms with Crippen LogP contribution < -0.4 is 0 Å². The largest absolute Gasteiger partial charge is 0.392 e. The minimum Gasteiger partial charge on any atom is -0.171 e. The highest BCUT2D eigenvalue weighted by atomic mass is 19.4. The van der Waals surface area contributed by atoms with Crippen LogP contribution in [0, 0.1) is 11.8 Å². The summed E-state index contributed by atoms with van der Waals surface area (Å²) in [4.78, 5) is 0. The van der Waals surface area contributed by atoms with E-state index in [9.17, 15) is 13.2 Å². The van der Waals surface area contributed by atoms with Crippen molar-refractivity contribution < 1.29 is 13.2 Å². The number of halogens is 3. The van der Waals surface area contributed by atoms with Gasteiger partial charge in [-0.2, -0.15) is 13.2 Å². The molecule has 0 saturated heterocycles. The van der Waals surface area contributed by atoms with Crippen molar-refractivity contribution in [3.8, 4) is 0 Å². The molecular formula is C8H13F3. The van der Waals surface area contributed by atoms with Gasteiger partial charge in [-0.3, -0.25) is 0 Å². The summed E-state index contributed by atoms with van der Waals surface area (Å²) in [5, 5.41) is 0. The fourth-order valence-electron chi connectivity index (χ4n) is 1.80.